The molecule has 2 aromatic rings. The van der Waals surface area contributed by atoms with Crippen LogP contribution in [0.15, 0.2) is 42.6 Å². The van der Waals surface area contributed by atoms with Gasteiger partial charge in [-0.15, -0.1) is 0 Å². The molecule has 2 amide bonds. The number of aryl methyl sites for hydroxylation is 2. The Morgan fingerprint density at radius 2 is 1.81 bits per heavy atom. The summed E-state index contributed by atoms with van der Waals surface area (Å²) in [7, 11) is 2.01. The maximum atomic E-state index is 13.4. The van der Waals surface area contributed by atoms with Crippen LogP contribution in [0, 0.1) is 0 Å². The Morgan fingerprint density at radius 3 is 2.38 bits per heavy atom. The zero-order valence-corrected chi connectivity index (χ0v) is 20.2. The van der Waals surface area contributed by atoms with E-state index in [1.54, 1.807) is 4.90 Å². The largest absolute Gasteiger partial charge is 0.353 e. The van der Waals surface area contributed by atoms with Crippen molar-refractivity contribution in [2.24, 2.45) is 7.05 Å². The summed E-state index contributed by atoms with van der Waals surface area (Å²) in [5, 5.41) is 0. The van der Waals surface area contributed by atoms with E-state index in [1.807, 2.05) is 43.3 Å². The van der Waals surface area contributed by atoms with Gasteiger partial charge in [0, 0.05) is 36.6 Å². The van der Waals surface area contributed by atoms with Gasteiger partial charge >= 0.3 is 0 Å². The monoisotopic (exact) mass is 437 g/mol. The Labute approximate surface area is 193 Å². The summed E-state index contributed by atoms with van der Waals surface area (Å²) < 4.78 is 2.06. The molecule has 1 fully saturated rings. The van der Waals surface area contributed by atoms with Crippen molar-refractivity contribution < 1.29 is 9.59 Å². The minimum absolute atomic E-state index is 0.00627. The Kier molecular flexibility index (Phi) is 8.54. The van der Waals surface area contributed by atoms with E-state index < -0.39 is 0 Å². The van der Waals surface area contributed by atoms with Crippen LogP contribution in [0.5, 0.6) is 0 Å². The highest BCUT2D eigenvalue weighted by atomic mass is 16.2. The third-order valence-corrected chi connectivity index (χ3v) is 6.65. The van der Waals surface area contributed by atoms with E-state index >= 15 is 0 Å². The number of rotatable bonds is 12. The van der Waals surface area contributed by atoms with Crippen LogP contribution in [-0.4, -0.2) is 44.8 Å². The van der Waals surface area contributed by atoms with E-state index in [0.29, 0.717) is 18.2 Å². The van der Waals surface area contributed by atoms with E-state index in [4.69, 9.17) is 0 Å². The fourth-order valence-electron chi connectivity index (χ4n) is 4.09. The lowest BCUT2D eigenvalue weighted by molar-refractivity contribution is -0.133. The quantitative estimate of drug-likeness (QED) is 0.429. The lowest BCUT2D eigenvalue weighted by Crippen LogP contribution is -2.47. The molecular formula is C27H39N3O2. The molecule has 174 valence electrons. The van der Waals surface area contributed by atoms with Crippen molar-refractivity contribution >= 4 is 11.8 Å². The van der Waals surface area contributed by atoms with Gasteiger partial charge in [-0.2, -0.15) is 0 Å². The van der Waals surface area contributed by atoms with Gasteiger partial charge in [-0.1, -0.05) is 38.8 Å². The van der Waals surface area contributed by atoms with Gasteiger partial charge in [0.25, 0.3) is 5.91 Å². The molecule has 3 rings (SSSR count). The second-order valence-electron chi connectivity index (χ2n) is 9.21. The Balaban J connectivity index is 1.70. The molecule has 0 saturated heterocycles. The van der Waals surface area contributed by atoms with Gasteiger partial charge in [0.15, 0.2) is 0 Å². The number of carbonyl (C=O) groups excluding carboxylic acids is 2. The number of benzene rings is 1. The Hall–Kier alpha value is -2.56. The second kappa shape index (κ2) is 11.3. The van der Waals surface area contributed by atoms with Gasteiger partial charge in [-0.05, 0) is 68.9 Å². The van der Waals surface area contributed by atoms with Gasteiger partial charge in [-0.3, -0.25) is 9.59 Å². The molecule has 5 nitrogen and oxygen atoms in total. The van der Waals surface area contributed by atoms with Gasteiger partial charge in [-0.25, -0.2) is 0 Å². The summed E-state index contributed by atoms with van der Waals surface area (Å²) in [4.78, 5) is 30.5. The van der Waals surface area contributed by atoms with Crippen LogP contribution in [0.25, 0.3) is 0 Å². The topological polar surface area (TPSA) is 45.6 Å². The molecule has 1 saturated carbocycles. The number of hydrogen-bond donors (Lipinski definition) is 0. The van der Waals surface area contributed by atoms with Crippen molar-refractivity contribution in [2.75, 3.05) is 6.54 Å². The summed E-state index contributed by atoms with van der Waals surface area (Å²) in [6.45, 7) is 7.03. The smallest absolute Gasteiger partial charge is 0.254 e. The molecule has 0 radical (unpaired) electrons. The van der Waals surface area contributed by atoms with Crippen molar-refractivity contribution in [1.82, 2.24) is 14.4 Å². The fraction of sp³-hybridized carbons (Fsp3) is 0.556. The Morgan fingerprint density at radius 1 is 1.09 bits per heavy atom. The van der Waals surface area contributed by atoms with E-state index in [9.17, 15) is 9.59 Å². The molecule has 5 heteroatoms. The molecule has 0 unspecified atom stereocenters. The zero-order valence-electron chi connectivity index (χ0n) is 20.2. The lowest BCUT2D eigenvalue weighted by atomic mass is 10.0. The van der Waals surface area contributed by atoms with Crippen LogP contribution in [0.3, 0.4) is 0 Å². The van der Waals surface area contributed by atoms with Crippen molar-refractivity contribution in [1.29, 1.82) is 0 Å². The third kappa shape index (κ3) is 6.24. The van der Waals surface area contributed by atoms with E-state index in [-0.39, 0.29) is 24.4 Å². The lowest BCUT2D eigenvalue weighted by Gasteiger charge is -2.31. The molecule has 1 aromatic heterocycles. The first-order valence-corrected chi connectivity index (χ1v) is 12.2. The number of amides is 2. The molecule has 0 bridgehead atoms. The van der Waals surface area contributed by atoms with Gasteiger partial charge in [0.05, 0.1) is 6.54 Å². The molecule has 1 heterocycles. The highest BCUT2D eigenvalue weighted by Crippen LogP contribution is 2.29. The maximum absolute atomic E-state index is 13.4. The highest BCUT2D eigenvalue weighted by molar-refractivity contribution is 5.96. The van der Waals surface area contributed by atoms with Crippen LogP contribution in [0.1, 0.15) is 80.9 Å². The van der Waals surface area contributed by atoms with Crippen molar-refractivity contribution in [3.63, 3.8) is 0 Å². The van der Waals surface area contributed by atoms with E-state index in [1.165, 1.54) is 24.8 Å². The number of carbonyl (C=O) groups is 2. The van der Waals surface area contributed by atoms with Gasteiger partial charge < -0.3 is 14.4 Å². The van der Waals surface area contributed by atoms with E-state index in [0.717, 1.165) is 31.4 Å². The van der Waals surface area contributed by atoms with Crippen molar-refractivity contribution in [3.05, 3.63) is 59.4 Å². The number of nitrogens with zero attached hydrogens (tertiary/aromatic N) is 3. The van der Waals surface area contributed by atoms with Gasteiger partial charge in [0.2, 0.25) is 5.91 Å². The maximum Gasteiger partial charge on any atom is 0.254 e. The predicted molar refractivity (Wildman–Crippen MR) is 129 cm³/mol. The molecule has 0 aliphatic heterocycles. The molecule has 0 N–H and O–H groups in total. The minimum Gasteiger partial charge on any atom is -0.353 e. The van der Waals surface area contributed by atoms with Crippen LogP contribution in [0.4, 0.5) is 0 Å². The SMILES string of the molecule is CCCCCc1ccc(C(=O)N(CC(=O)N(Cc2cccn2C)C2CC2)[C@@H](C)CC)cc1. The summed E-state index contributed by atoms with van der Waals surface area (Å²) in [5.41, 5.74) is 3.05. The van der Waals surface area contributed by atoms with Crippen molar-refractivity contribution in [3.8, 4) is 0 Å². The second-order valence-corrected chi connectivity index (χ2v) is 9.21. The average molecular weight is 438 g/mol. The highest BCUT2D eigenvalue weighted by Gasteiger charge is 2.35. The van der Waals surface area contributed by atoms with Crippen LogP contribution >= 0.6 is 0 Å². The number of aromatic nitrogens is 1. The molecule has 32 heavy (non-hydrogen) atoms. The minimum atomic E-state index is -0.0533. The molecular weight excluding hydrogens is 398 g/mol. The average Bonchev–Trinajstić information content (AvgIpc) is 3.56. The van der Waals surface area contributed by atoms with Crippen LogP contribution in [-0.2, 0) is 24.8 Å². The number of unbranched alkanes of at least 4 members (excludes halogenated alkanes) is 2. The first-order chi connectivity index (χ1) is 15.4. The van der Waals surface area contributed by atoms with Crippen LogP contribution in [0.2, 0.25) is 0 Å². The fourth-order valence-corrected chi connectivity index (χ4v) is 4.09. The predicted octanol–water partition coefficient (Wildman–Crippen LogP) is 5.19. The number of hydrogen-bond acceptors (Lipinski definition) is 2. The zero-order chi connectivity index (χ0) is 23.1. The molecule has 1 aromatic carbocycles. The first-order valence-electron chi connectivity index (χ1n) is 12.2. The molecule has 1 aliphatic rings. The summed E-state index contributed by atoms with van der Waals surface area (Å²) in [5.74, 6) is -0.0130. The molecule has 1 atom stereocenters. The summed E-state index contributed by atoms with van der Waals surface area (Å²) in [6.07, 6.45) is 9.57. The van der Waals surface area contributed by atoms with Gasteiger partial charge in [0.1, 0.15) is 6.54 Å². The summed E-state index contributed by atoms with van der Waals surface area (Å²) >= 11 is 0. The van der Waals surface area contributed by atoms with Crippen molar-refractivity contribution in [2.45, 2.75) is 84.3 Å². The Bertz CT molecular complexity index is 883. The molecule has 1 aliphatic carbocycles. The summed E-state index contributed by atoms with van der Waals surface area (Å²) in [6, 6.07) is 12.3. The third-order valence-electron chi connectivity index (χ3n) is 6.65. The standard InChI is InChI=1S/C27H39N3O2/c1-5-7-8-10-22-12-14-23(15-13-22)27(32)29(21(3)6-2)20-26(31)30(24-16-17-24)19-25-11-9-18-28(25)4/h9,11-15,18,21,24H,5-8,10,16-17,19-20H2,1-4H3/t21-/m0/s1. The molecule has 0 spiro atoms. The van der Waals surface area contributed by atoms with E-state index in [2.05, 4.69) is 36.6 Å². The van der Waals surface area contributed by atoms with Crippen LogP contribution < -0.4 is 0 Å². The first kappa shape index (κ1) is 24.1. The normalized spacial score (nSPS) is 14.2.